The quantitative estimate of drug-likeness (QED) is 0.670. The minimum atomic E-state index is -0.188. The zero-order chi connectivity index (χ0) is 18.7. The third-order valence-corrected chi connectivity index (χ3v) is 4.75. The molecule has 0 aliphatic heterocycles. The number of pyridine rings is 1. The summed E-state index contributed by atoms with van der Waals surface area (Å²) < 4.78 is 9.87. The maximum absolute atomic E-state index is 12.2. The minimum Gasteiger partial charge on any atom is -0.491 e. The molecular weight excluding hydrogens is 398 g/mol. The van der Waals surface area contributed by atoms with Crippen molar-refractivity contribution in [2.75, 3.05) is 13.7 Å². The van der Waals surface area contributed by atoms with Crippen LogP contribution in [-0.2, 0) is 17.9 Å². The van der Waals surface area contributed by atoms with E-state index in [-0.39, 0.29) is 23.6 Å². The molecule has 0 unspecified atom stereocenters. The number of aryl methyl sites for hydroxylation is 1. The summed E-state index contributed by atoms with van der Waals surface area (Å²) in [7, 11) is 1.44. The van der Waals surface area contributed by atoms with Crippen molar-refractivity contribution in [3.63, 3.8) is 0 Å². The molecule has 6 nitrogen and oxygen atoms in total. The number of fused-ring (bicyclic) bond motifs is 1. The number of amides is 1. The van der Waals surface area contributed by atoms with Crippen LogP contribution in [-0.4, -0.2) is 28.7 Å². The summed E-state index contributed by atoms with van der Waals surface area (Å²) in [5.41, 5.74) is 1.65. The van der Waals surface area contributed by atoms with Crippen LogP contribution in [0.25, 0.3) is 10.9 Å². The fourth-order valence-corrected chi connectivity index (χ4v) is 3.20. The first-order valence-electron chi connectivity index (χ1n) is 8.24. The Hall–Kier alpha value is -2.54. The smallest absolute Gasteiger partial charge is 0.239 e. The van der Waals surface area contributed by atoms with Gasteiger partial charge in [0.15, 0.2) is 5.75 Å². The summed E-state index contributed by atoms with van der Waals surface area (Å²) in [5, 5.41) is 4.08. The van der Waals surface area contributed by atoms with Gasteiger partial charge in [0, 0.05) is 41.0 Å². The Morgan fingerprint density at radius 1 is 1.23 bits per heavy atom. The fraction of sp³-hybridized carbons (Fsp3) is 0.263. The van der Waals surface area contributed by atoms with E-state index >= 15 is 0 Å². The van der Waals surface area contributed by atoms with Crippen molar-refractivity contribution in [1.29, 1.82) is 0 Å². The van der Waals surface area contributed by atoms with Gasteiger partial charge in [0.1, 0.15) is 6.54 Å². The van der Waals surface area contributed by atoms with Crippen molar-refractivity contribution in [2.24, 2.45) is 0 Å². The van der Waals surface area contributed by atoms with E-state index in [1.54, 1.807) is 17.7 Å². The molecular formula is C19H20BrN3O3. The number of hydrogen-bond acceptors (Lipinski definition) is 3. The fourth-order valence-electron chi connectivity index (χ4n) is 2.85. The Bertz CT molecular complexity index is 1010. The molecule has 0 spiro atoms. The zero-order valence-corrected chi connectivity index (χ0v) is 16.2. The van der Waals surface area contributed by atoms with E-state index in [0.29, 0.717) is 18.8 Å². The first-order valence-corrected chi connectivity index (χ1v) is 9.03. The highest BCUT2D eigenvalue weighted by Gasteiger charge is 2.08. The number of methoxy groups -OCH3 is 1. The van der Waals surface area contributed by atoms with Crippen LogP contribution in [0.1, 0.15) is 5.69 Å². The first kappa shape index (κ1) is 18.3. The molecule has 0 saturated heterocycles. The molecule has 0 bridgehead atoms. The van der Waals surface area contributed by atoms with Crippen LogP contribution >= 0.6 is 15.9 Å². The molecule has 0 radical (unpaired) electrons. The molecule has 2 heterocycles. The third kappa shape index (κ3) is 3.99. The standard InChI is InChI=1S/C19H20BrN3O3/c1-13-9-17(24)18(26-2)11-23(13)12-19(25)21-6-8-22-7-5-14-3-4-15(20)10-16(14)22/h3-5,7,9-11H,6,8,12H2,1-2H3,(H,21,25). The van der Waals surface area contributed by atoms with Crippen LogP contribution in [0.2, 0.25) is 0 Å². The van der Waals surface area contributed by atoms with E-state index < -0.39 is 0 Å². The summed E-state index contributed by atoms with van der Waals surface area (Å²) in [6.07, 6.45) is 3.58. The van der Waals surface area contributed by atoms with Crippen molar-refractivity contribution in [3.8, 4) is 5.75 Å². The molecule has 3 rings (SSSR count). The SMILES string of the molecule is COc1cn(CC(=O)NCCn2ccc3ccc(Br)cc32)c(C)cc1=O. The van der Waals surface area contributed by atoms with Gasteiger partial charge in [-0.2, -0.15) is 0 Å². The van der Waals surface area contributed by atoms with Crippen molar-refractivity contribution in [2.45, 2.75) is 20.0 Å². The molecule has 1 N–H and O–H groups in total. The molecule has 1 aromatic carbocycles. The normalized spacial score (nSPS) is 10.9. The number of nitrogens with one attached hydrogen (secondary N) is 1. The van der Waals surface area contributed by atoms with Crippen LogP contribution in [0.5, 0.6) is 5.75 Å². The number of carbonyl (C=O) groups excluding carboxylic acids is 1. The molecule has 0 saturated carbocycles. The largest absolute Gasteiger partial charge is 0.491 e. The van der Waals surface area contributed by atoms with Gasteiger partial charge < -0.3 is 19.2 Å². The number of benzene rings is 1. The summed E-state index contributed by atoms with van der Waals surface area (Å²) in [4.78, 5) is 23.9. The molecule has 3 aromatic rings. The van der Waals surface area contributed by atoms with E-state index in [4.69, 9.17) is 4.74 Å². The highest BCUT2D eigenvalue weighted by atomic mass is 79.9. The van der Waals surface area contributed by atoms with Gasteiger partial charge in [0.05, 0.1) is 13.3 Å². The number of halogens is 1. The molecule has 0 fully saturated rings. The van der Waals surface area contributed by atoms with Crippen molar-refractivity contribution < 1.29 is 9.53 Å². The maximum Gasteiger partial charge on any atom is 0.239 e. The highest BCUT2D eigenvalue weighted by molar-refractivity contribution is 9.10. The molecule has 0 atom stereocenters. The average Bonchev–Trinajstić information content (AvgIpc) is 2.99. The van der Waals surface area contributed by atoms with Gasteiger partial charge in [0.2, 0.25) is 11.3 Å². The predicted molar refractivity (Wildman–Crippen MR) is 105 cm³/mol. The van der Waals surface area contributed by atoms with Gasteiger partial charge in [-0.15, -0.1) is 0 Å². The number of ether oxygens (including phenoxy) is 1. The highest BCUT2D eigenvalue weighted by Crippen LogP contribution is 2.20. The molecule has 26 heavy (non-hydrogen) atoms. The maximum atomic E-state index is 12.2. The molecule has 136 valence electrons. The van der Waals surface area contributed by atoms with Crippen molar-refractivity contribution in [1.82, 2.24) is 14.5 Å². The van der Waals surface area contributed by atoms with Gasteiger partial charge in [-0.3, -0.25) is 9.59 Å². The Labute approximate surface area is 159 Å². The Morgan fingerprint density at radius 3 is 2.81 bits per heavy atom. The summed E-state index contributed by atoms with van der Waals surface area (Å²) >= 11 is 3.48. The molecule has 0 aliphatic carbocycles. The van der Waals surface area contributed by atoms with E-state index in [1.807, 2.05) is 12.3 Å². The number of nitrogens with zero attached hydrogens (tertiary/aromatic N) is 2. The van der Waals surface area contributed by atoms with Crippen LogP contribution in [0.4, 0.5) is 0 Å². The van der Waals surface area contributed by atoms with Crippen LogP contribution < -0.4 is 15.5 Å². The number of rotatable bonds is 6. The lowest BCUT2D eigenvalue weighted by Crippen LogP contribution is -2.31. The second-order valence-corrected chi connectivity index (χ2v) is 6.95. The van der Waals surface area contributed by atoms with Crippen molar-refractivity contribution >= 4 is 32.7 Å². The summed E-state index contributed by atoms with van der Waals surface area (Å²) in [6, 6.07) is 9.65. The number of hydrogen-bond donors (Lipinski definition) is 1. The van der Waals surface area contributed by atoms with E-state index in [1.165, 1.54) is 13.2 Å². The second-order valence-electron chi connectivity index (χ2n) is 6.04. The predicted octanol–water partition coefficient (Wildman–Crippen LogP) is 2.70. The monoisotopic (exact) mass is 417 g/mol. The third-order valence-electron chi connectivity index (χ3n) is 4.25. The zero-order valence-electron chi connectivity index (χ0n) is 14.7. The Balaban J connectivity index is 1.61. The van der Waals surface area contributed by atoms with Crippen LogP contribution in [0.3, 0.4) is 0 Å². The lowest BCUT2D eigenvalue weighted by atomic mass is 10.2. The number of aromatic nitrogens is 2. The molecule has 2 aromatic heterocycles. The molecule has 7 heteroatoms. The Kier molecular flexibility index (Phi) is 5.46. The van der Waals surface area contributed by atoms with Gasteiger partial charge in [-0.25, -0.2) is 0 Å². The minimum absolute atomic E-state index is 0.114. The lowest BCUT2D eigenvalue weighted by Gasteiger charge is -2.13. The Morgan fingerprint density at radius 2 is 2.04 bits per heavy atom. The van der Waals surface area contributed by atoms with E-state index in [9.17, 15) is 9.59 Å². The second kappa shape index (κ2) is 7.78. The number of carbonyl (C=O) groups is 1. The van der Waals surface area contributed by atoms with E-state index in [2.05, 4.69) is 44.0 Å². The average molecular weight is 418 g/mol. The van der Waals surface area contributed by atoms with E-state index in [0.717, 1.165) is 15.4 Å². The first-order chi connectivity index (χ1) is 12.5. The van der Waals surface area contributed by atoms with Gasteiger partial charge in [0.25, 0.3) is 0 Å². The van der Waals surface area contributed by atoms with Gasteiger partial charge in [-0.1, -0.05) is 22.0 Å². The van der Waals surface area contributed by atoms with Gasteiger partial charge in [-0.05, 0) is 30.5 Å². The summed E-state index contributed by atoms with van der Waals surface area (Å²) in [5.74, 6) is 0.115. The topological polar surface area (TPSA) is 65.3 Å². The van der Waals surface area contributed by atoms with Crippen LogP contribution in [0, 0.1) is 6.92 Å². The molecule has 1 amide bonds. The summed E-state index contributed by atoms with van der Waals surface area (Å²) in [6.45, 7) is 3.13. The lowest BCUT2D eigenvalue weighted by molar-refractivity contribution is -0.121. The van der Waals surface area contributed by atoms with Gasteiger partial charge >= 0.3 is 0 Å². The van der Waals surface area contributed by atoms with Crippen molar-refractivity contribution in [3.05, 3.63) is 63.1 Å². The van der Waals surface area contributed by atoms with Crippen LogP contribution in [0.15, 0.2) is 52.0 Å². The molecule has 0 aliphatic rings.